The summed E-state index contributed by atoms with van der Waals surface area (Å²) in [7, 11) is -2.88. The van der Waals surface area contributed by atoms with Crippen LogP contribution in [0.15, 0.2) is 46.5 Å². The normalized spacial score (nSPS) is 13.3. The summed E-state index contributed by atoms with van der Waals surface area (Å²) in [6.07, 6.45) is 1.63. The SMILES string of the molecule is CN=C(NCCSCc1nc[nH]c1C)C([N+](=O)[O-])S(=O)(=O)c1ccccc1. The molecule has 9 nitrogen and oxygen atoms in total. The van der Waals surface area contributed by atoms with Crippen molar-refractivity contribution in [3.05, 3.63) is 58.2 Å². The number of aromatic nitrogens is 2. The number of imidazole rings is 1. The number of amidine groups is 1. The quantitative estimate of drug-likeness (QED) is 0.211. The summed E-state index contributed by atoms with van der Waals surface area (Å²) in [4.78, 5) is 21.6. The number of aromatic amines is 1. The zero-order valence-electron chi connectivity index (χ0n) is 15.0. The molecule has 0 spiro atoms. The van der Waals surface area contributed by atoms with Crippen LogP contribution in [0.4, 0.5) is 0 Å². The van der Waals surface area contributed by atoms with Gasteiger partial charge in [-0.2, -0.15) is 11.8 Å². The second kappa shape index (κ2) is 9.51. The molecule has 11 heteroatoms. The fourth-order valence-electron chi connectivity index (χ4n) is 2.33. The van der Waals surface area contributed by atoms with E-state index in [9.17, 15) is 18.5 Å². The molecular formula is C16H21N5O4S2. The lowest BCUT2D eigenvalue weighted by atomic mass is 10.4. The zero-order chi connectivity index (χ0) is 19.9. The minimum Gasteiger partial charge on any atom is -0.366 e. The van der Waals surface area contributed by atoms with Gasteiger partial charge in [0, 0.05) is 35.7 Å². The highest BCUT2D eigenvalue weighted by Crippen LogP contribution is 2.17. The molecule has 1 heterocycles. The van der Waals surface area contributed by atoms with Gasteiger partial charge in [-0.3, -0.25) is 15.1 Å². The summed E-state index contributed by atoms with van der Waals surface area (Å²) in [5.41, 5.74) is 1.94. The van der Waals surface area contributed by atoms with Crippen molar-refractivity contribution < 1.29 is 13.3 Å². The summed E-state index contributed by atoms with van der Waals surface area (Å²) in [5, 5.41) is 12.3. The molecule has 0 radical (unpaired) electrons. The molecule has 2 rings (SSSR count). The van der Waals surface area contributed by atoms with Gasteiger partial charge in [0.15, 0.2) is 5.84 Å². The number of benzene rings is 1. The maximum absolute atomic E-state index is 12.7. The molecule has 1 unspecified atom stereocenters. The highest BCUT2D eigenvalue weighted by Gasteiger charge is 2.42. The van der Waals surface area contributed by atoms with Crippen LogP contribution in [-0.4, -0.2) is 53.9 Å². The molecule has 27 heavy (non-hydrogen) atoms. The van der Waals surface area contributed by atoms with Crippen molar-refractivity contribution >= 4 is 27.4 Å². The van der Waals surface area contributed by atoms with Gasteiger partial charge in [-0.05, 0) is 19.1 Å². The number of aliphatic imine (C=N–C) groups is 1. The number of sulfone groups is 1. The number of nitrogens with one attached hydrogen (secondary N) is 2. The first-order valence-corrected chi connectivity index (χ1v) is 10.8. The highest BCUT2D eigenvalue weighted by molar-refractivity contribution is 7.98. The van der Waals surface area contributed by atoms with Gasteiger partial charge in [-0.1, -0.05) is 18.2 Å². The fourth-order valence-corrected chi connectivity index (χ4v) is 4.71. The molecule has 0 saturated heterocycles. The predicted molar refractivity (Wildman–Crippen MR) is 105 cm³/mol. The van der Waals surface area contributed by atoms with E-state index in [1.54, 1.807) is 24.2 Å². The van der Waals surface area contributed by atoms with E-state index in [4.69, 9.17) is 0 Å². The lowest BCUT2D eigenvalue weighted by Gasteiger charge is -2.14. The van der Waals surface area contributed by atoms with E-state index in [0.717, 1.165) is 11.4 Å². The van der Waals surface area contributed by atoms with Gasteiger partial charge >= 0.3 is 5.37 Å². The molecule has 1 aromatic carbocycles. The number of rotatable bonds is 9. The minimum absolute atomic E-state index is 0.113. The molecule has 1 atom stereocenters. The molecule has 0 aliphatic carbocycles. The molecule has 2 aromatic rings. The zero-order valence-corrected chi connectivity index (χ0v) is 16.6. The lowest BCUT2D eigenvalue weighted by molar-refractivity contribution is -0.479. The van der Waals surface area contributed by atoms with E-state index in [0.29, 0.717) is 18.1 Å². The second-order valence-corrected chi connectivity index (χ2v) is 8.67. The maximum atomic E-state index is 12.7. The lowest BCUT2D eigenvalue weighted by Crippen LogP contribution is -2.45. The number of aryl methyl sites for hydroxylation is 1. The molecular weight excluding hydrogens is 390 g/mol. The van der Waals surface area contributed by atoms with Crippen LogP contribution in [0.1, 0.15) is 11.4 Å². The van der Waals surface area contributed by atoms with E-state index >= 15 is 0 Å². The van der Waals surface area contributed by atoms with Crippen molar-refractivity contribution in [1.82, 2.24) is 15.3 Å². The Morgan fingerprint density at radius 3 is 2.67 bits per heavy atom. The van der Waals surface area contributed by atoms with Crippen LogP contribution in [0, 0.1) is 17.0 Å². The van der Waals surface area contributed by atoms with Crippen LogP contribution < -0.4 is 5.32 Å². The van der Waals surface area contributed by atoms with Gasteiger partial charge in [-0.25, -0.2) is 13.4 Å². The van der Waals surface area contributed by atoms with Crippen molar-refractivity contribution in [2.24, 2.45) is 4.99 Å². The van der Waals surface area contributed by atoms with E-state index in [2.05, 4.69) is 20.3 Å². The van der Waals surface area contributed by atoms with Crippen LogP contribution in [0.25, 0.3) is 0 Å². The van der Waals surface area contributed by atoms with Gasteiger partial charge in [-0.15, -0.1) is 0 Å². The third-order valence-electron chi connectivity index (χ3n) is 3.76. The number of nitro groups is 1. The van der Waals surface area contributed by atoms with Crippen LogP contribution >= 0.6 is 11.8 Å². The van der Waals surface area contributed by atoms with Crippen molar-refractivity contribution in [2.45, 2.75) is 22.9 Å². The first kappa shape index (κ1) is 20.9. The number of H-pyrrole nitrogens is 1. The first-order chi connectivity index (χ1) is 12.9. The first-order valence-electron chi connectivity index (χ1n) is 8.07. The Kier molecular flexibility index (Phi) is 7.36. The van der Waals surface area contributed by atoms with Gasteiger partial charge < -0.3 is 10.3 Å². The van der Waals surface area contributed by atoms with Crippen LogP contribution in [0.5, 0.6) is 0 Å². The van der Waals surface area contributed by atoms with Crippen LogP contribution in [-0.2, 0) is 15.6 Å². The minimum atomic E-state index is -4.21. The van der Waals surface area contributed by atoms with Crippen molar-refractivity contribution in [2.75, 3.05) is 19.3 Å². The average molecular weight is 412 g/mol. The van der Waals surface area contributed by atoms with Crippen molar-refractivity contribution in [3.8, 4) is 0 Å². The van der Waals surface area contributed by atoms with E-state index in [1.165, 1.54) is 31.3 Å². The molecule has 2 N–H and O–H groups in total. The number of thioether (sulfide) groups is 1. The smallest absolute Gasteiger partial charge is 0.366 e. The average Bonchev–Trinajstić information content (AvgIpc) is 3.05. The maximum Gasteiger partial charge on any atom is 0.370 e. The van der Waals surface area contributed by atoms with Crippen LogP contribution in [0.2, 0.25) is 0 Å². The van der Waals surface area contributed by atoms with Crippen LogP contribution in [0.3, 0.4) is 0 Å². The Bertz CT molecular complexity index is 897. The van der Waals surface area contributed by atoms with Crippen molar-refractivity contribution in [1.29, 1.82) is 0 Å². The van der Waals surface area contributed by atoms with Crippen molar-refractivity contribution in [3.63, 3.8) is 0 Å². The number of hydrogen-bond donors (Lipinski definition) is 2. The highest BCUT2D eigenvalue weighted by atomic mass is 32.2. The molecule has 0 aliphatic heterocycles. The topological polar surface area (TPSA) is 130 Å². The standard InChI is InChI=1S/C16H21N5O4S2/c1-12-14(20-11-19-12)10-26-9-8-18-15(17-2)16(21(22)23)27(24,25)13-6-4-3-5-7-13/h3-7,11,16H,8-10H2,1-2H3,(H,17,18)(H,19,20). The largest absolute Gasteiger partial charge is 0.370 e. The molecule has 1 aromatic heterocycles. The fraction of sp³-hybridized carbons (Fsp3) is 0.375. The molecule has 0 fully saturated rings. The molecule has 146 valence electrons. The molecule has 0 bridgehead atoms. The Hall–Kier alpha value is -2.40. The van der Waals surface area contributed by atoms with Gasteiger partial charge in [0.1, 0.15) is 0 Å². The summed E-state index contributed by atoms with van der Waals surface area (Å²) >= 11 is 1.58. The summed E-state index contributed by atoms with van der Waals surface area (Å²) < 4.78 is 25.4. The second-order valence-electron chi connectivity index (χ2n) is 5.56. The third kappa shape index (κ3) is 5.30. The number of nitrogens with zero attached hydrogens (tertiary/aromatic N) is 3. The third-order valence-corrected chi connectivity index (χ3v) is 6.64. The Morgan fingerprint density at radius 2 is 2.11 bits per heavy atom. The Balaban J connectivity index is 2.00. The molecule has 0 aliphatic rings. The van der Waals surface area contributed by atoms with E-state index in [1.807, 2.05) is 6.92 Å². The van der Waals surface area contributed by atoms with Gasteiger partial charge in [0.25, 0.3) is 9.84 Å². The molecule has 0 amide bonds. The van der Waals surface area contributed by atoms with Gasteiger partial charge in [0.05, 0.1) is 16.9 Å². The Labute approximate surface area is 161 Å². The monoisotopic (exact) mass is 411 g/mol. The summed E-state index contributed by atoms with van der Waals surface area (Å²) in [6.45, 7) is 2.27. The Morgan fingerprint density at radius 1 is 1.41 bits per heavy atom. The molecule has 0 saturated carbocycles. The van der Waals surface area contributed by atoms with Gasteiger partial charge in [0.2, 0.25) is 0 Å². The summed E-state index contributed by atoms with van der Waals surface area (Å²) in [5.74, 6) is 1.12. The van der Waals surface area contributed by atoms with E-state index < -0.39 is 20.1 Å². The summed E-state index contributed by atoms with van der Waals surface area (Å²) in [6, 6.07) is 7.36. The predicted octanol–water partition coefficient (Wildman–Crippen LogP) is 1.65. The number of hydrogen-bond acceptors (Lipinski definition) is 7. The van der Waals surface area contributed by atoms with E-state index in [-0.39, 0.29) is 10.7 Å².